The van der Waals surface area contributed by atoms with E-state index in [2.05, 4.69) is 101 Å². The molecule has 2 aliphatic heterocycles. The summed E-state index contributed by atoms with van der Waals surface area (Å²) < 4.78 is 0. The Morgan fingerprint density at radius 2 is 1.58 bits per heavy atom. The van der Waals surface area contributed by atoms with Gasteiger partial charge in [0.2, 0.25) is 0 Å². The van der Waals surface area contributed by atoms with Gasteiger partial charge in [-0.1, -0.05) is 73.7 Å². The number of nitrogens with one attached hydrogen (secondary N) is 2. The van der Waals surface area contributed by atoms with E-state index in [9.17, 15) is 0 Å². The molecule has 0 saturated carbocycles. The minimum Gasteiger partial charge on any atom is -0.314 e. The highest BCUT2D eigenvalue weighted by Crippen LogP contribution is 2.17. The molecule has 2 N–H and O–H groups in total. The van der Waals surface area contributed by atoms with Crippen LogP contribution >= 0.6 is 12.4 Å². The standard InChI is InChI=1S/C20H24N2.C6H14N2.ClH/c1-2-20-17-21(15-18-9-5-3-6-10-18)13-14-22(20)16-19-11-7-4-8-12-19;1-2-6-5-7-3-4-8-6;/h2-12,20H,1,13-17H2;6-8H,2-5H2,1H3;1H. The quantitative estimate of drug-likeness (QED) is 0.663. The van der Waals surface area contributed by atoms with Gasteiger partial charge >= 0.3 is 0 Å². The molecule has 31 heavy (non-hydrogen) atoms. The van der Waals surface area contributed by atoms with Crippen LogP contribution in [0.25, 0.3) is 0 Å². The first-order chi connectivity index (χ1) is 14.8. The lowest BCUT2D eigenvalue weighted by atomic mass is 10.1. The zero-order chi connectivity index (χ0) is 21.0. The molecular formula is C26H39ClN4. The van der Waals surface area contributed by atoms with E-state index in [4.69, 9.17) is 0 Å². The van der Waals surface area contributed by atoms with Gasteiger partial charge in [0, 0.05) is 64.4 Å². The molecule has 2 atom stereocenters. The molecule has 0 aromatic heterocycles. The van der Waals surface area contributed by atoms with Gasteiger partial charge in [0.25, 0.3) is 0 Å². The van der Waals surface area contributed by atoms with Crippen molar-refractivity contribution < 1.29 is 0 Å². The van der Waals surface area contributed by atoms with Crippen LogP contribution in [-0.2, 0) is 13.1 Å². The first-order valence-electron chi connectivity index (χ1n) is 11.4. The molecule has 0 spiro atoms. The van der Waals surface area contributed by atoms with Gasteiger partial charge in [-0.2, -0.15) is 0 Å². The van der Waals surface area contributed by atoms with Gasteiger partial charge in [0.15, 0.2) is 0 Å². The molecule has 2 aliphatic rings. The third kappa shape index (κ3) is 8.76. The summed E-state index contributed by atoms with van der Waals surface area (Å²) in [6.07, 6.45) is 3.34. The van der Waals surface area contributed by atoms with Gasteiger partial charge < -0.3 is 10.6 Å². The highest BCUT2D eigenvalue weighted by Gasteiger charge is 2.24. The number of nitrogens with zero attached hydrogens (tertiary/aromatic N) is 2. The van der Waals surface area contributed by atoms with Gasteiger partial charge in [-0.15, -0.1) is 19.0 Å². The van der Waals surface area contributed by atoms with Gasteiger partial charge in [0.1, 0.15) is 0 Å². The van der Waals surface area contributed by atoms with E-state index < -0.39 is 0 Å². The smallest absolute Gasteiger partial charge is 0.0407 e. The van der Waals surface area contributed by atoms with Crippen LogP contribution in [-0.4, -0.2) is 61.2 Å². The molecule has 2 aromatic rings. The van der Waals surface area contributed by atoms with E-state index in [1.807, 2.05) is 0 Å². The van der Waals surface area contributed by atoms with E-state index in [1.54, 1.807) is 0 Å². The number of hydrogen-bond acceptors (Lipinski definition) is 4. The minimum atomic E-state index is 0. The van der Waals surface area contributed by atoms with Crippen molar-refractivity contribution in [2.45, 2.75) is 38.5 Å². The SMILES string of the molecule is C=CC1CN(Cc2ccccc2)CCN1Cc1ccccc1.CCC1CNCCN1.Cl. The van der Waals surface area contributed by atoms with Crippen LogP contribution in [0.5, 0.6) is 0 Å². The average molecular weight is 443 g/mol. The summed E-state index contributed by atoms with van der Waals surface area (Å²) in [5.74, 6) is 0. The van der Waals surface area contributed by atoms with Crippen molar-refractivity contribution in [3.63, 3.8) is 0 Å². The second-order valence-corrected chi connectivity index (χ2v) is 8.24. The van der Waals surface area contributed by atoms with Crippen LogP contribution < -0.4 is 10.6 Å². The monoisotopic (exact) mass is 442 g/mol. The molecule has 2 aromatic carbocycles. The number of halogens is 1. The Bertz CT molecular complexity index is 719. The fourth-order valence-corrected chi connectivity index (χ4v) is 4.13. The topological polar surface area (TPSA) is 30.5 Å². The maximum Gasteiger partial charge on any atom is 0.0407 e. The summed E-state index contributed by atoms with van der Waals surface area (Å²) >= 11 is 0. The largest absolute Gasteiger partial charge is 0.314 e. The van der Waals surface area contributed by atoms with Crippen molar-refractivity contribution in [2.75, 3.05) is 39.3 Å². The second-order valence-electron chi connectivity index (χ2n) is 8.24. The third-order valence-corrected chi connectivity index (χ3v) is 5.99. The van der Waals surface area contributed by atoms with Crippen molar-refractivity contribution in [1.29, 1.82) is 0 Å². The molecular weight excluding hydrogens is 404 g/mol. The van der Waals surface area contributed by atoms with E-state index in [0.29, 0.717) is 6.04 Å². The van der Waals surface area contributed by atoms with E-state index in [-0.39, 0.29) is 12.4 Å². The van der Waals surface area contributed by atoms with Crippen LogP contribution in [0.1, 0.15) is 24.5 Å². The zero-order valence-electron chi connectivity index (χ0n) is 18.9. The summed E-state index contributed by atoms with van der Waals surface area (Å²) in [7, 11) is 0. The summed E-state index contributed by atoms with van der Waals surface area (Å²) in [5.41, 5.74) is 2.77. The van der Waals surface area contributed by atoms with Crippen LogP contribution in [0.3, 0.4) is 0 Å². The lowest BCUT2D eigenvalue weighted by Crippen LogP contribution is -2.51. The predicted molar refractivity (Wildman–Crippen MR) is 135 cm³/mol. The lowest BCUT2D eigenvalue weighted by molar-refractivity contribution is 0.0870. The Morgan fingerprint density at radius 3 is 2.10 bits per heavy atom. The minimum absolute atomic E-state index is 0. The maximum absolute atomic E-state index is 4.05. The highest BCUT2D eigenvalue weighted by molar-refractivity contribution is 5.85. The Balaban J connectivity index is 0.000000322. The molecule has 2 heterocycles. The van der Waals surface area contributed by atoms with Crippen molar-refractivity contribution in [3.05, 3.63) is 84.4 Å². The van der Waals surface area contributed by atoms with Gasteiger partial charge in [-0.3, -0.25) is 9.80 Å². The Hall–Kier alpha value is -1.69. The molecule has 4 nitrogen and oxygen atoms in total. The first-order valence-corrected chi connectivity index (χ1v) is 11.4. The summed E-state index contributed by atoms with van der Waals surface area (Å²) in [6, 6.07) is 22.6. The molecule has 5 heteroatoms. The number of rotatable bonds is 6. The molecule has 2 saturated heterocycles. The molecule has 0 radical (unpaired) electrons. The maximum atomic E-state index is 4.05. The van der Waals surface area contributed by atoms with Crippen LogP contribution in [0.4, 0.5) is 0 Å². The Kier molecular flexibility index (Phi) is 11.9. The van der Waals surface area contributed by atoms with Gasteiger partial charge in [0.05, 0.1) is 0 Å². The second kappa shape index (κ2) is 14.4. The number of hydrogen-bond donors (Lipinski definition) is 2. The van der Waals surface area contributed by atoms with Crippen molar-refractivity contribution in [3.8, 4) is 0 Å². The van der Waals surface area contributed by atoms with Crippen molar-refractivity contribution in [2.24, 2.45) is 0 Å². The predicted octanol–water partition coefficient (Wildman–Crippen LogP) is 3.94. The van der Waals surface area contributed by atoms with Crippen molar-refractivity contribution in [1.82, 2.24) is 20.4 Å². The van der Waals surface area contributed by atoms with Crippen molar-refractivity contribution >= 4 is 12.4 Å². The molecule has 0 aliphatic carbocycles. The van der Waals surface area contributed by atoms with Gasteiger partial charge in [-0.25, -0.2) is 0 Å². The first kappa shape index (κ1) is 25.6. The Labute approximate surface area is 195 Å². The molecule has 4 rings (SSSR count). The molecule has 2 fully saturated rings. The average Bonchev–Trinajstić information content (AvgIpc) is 2.82. The molecule has 2 unspecified atom stereocenters. The van der Waals surface area contributed by atoms with E-state index in [1.165, 1.54) is 17.5 Å². The highest BCUT2D eigenvalue weighted by atomic mass is 35.5. The summed E-state index contributed by atoms with van der Waals surface area (Å²) in [4.78, 5) is 5.06. The van der Waals surface area contributed by atoms with Crippen LogP contribution in [0, 0.1) is 0 Å². The molecule has 0 amide bonds. The molecule has 0 bridgehead atoms. The number of piperazine rings is 2. The van der Waals surface area contributed by atoms with Crippen LogP contribution in [0.15, 0.2) is 73.3 Å². The lowest BCUT2D eigenvalue weighted by Gasteiger charge is -2.40. The Morgan fingerprint density at radius 1 is 0.935 bits per heavy atom. The van der Waals surface area contributed by atoms with Gasteiger partial charge in [-0.05, 0) is 17.5 Å². The fourth-order valence-electron chi connectivity index (χ4n) is 4.13. The summed E-state index contributed by atoms with van der Waals surface area (Å²) in [6.45, 7) is 15.0. The normalized spacial score (nSPS) is 22.0. The van der Waals surface area contributed by atoms with E-state index in [0.717, 1.165) is 58.4 Å². The van der Waals surface area contributed by atoms with Crippen LogP contribution in [0.2, 0.25) is 0 Å². The number of benzene rings is 2. The third-order valence-electron chi connectivity index (χ3n) is 5.99. The zero-order valence-corrected chi connectivity index (χ0v) is 19.7. The molecule has 170 valence electrons. The fraction of sp³-hybridized carbons (Fsp3) is 0.462. The summed E-state index contributed by atoms with van der Waals surface area (Å²) in [5, 5.41) is 6.73. The van der Waals surface area contributed by atoms with E-state index >= 15 is 0 Å².